The fourth-order valence-electron chi connectivity index (χ4n) is 2.95. The van der Waals surface area contributed by atoms with E-state index in [9.17, 15) is 4.79 Å². The van der Waals surface area contributed by atoms with E-state index in [2.05, 4.69) is 28.9 Å². The Hall–Kier alpha value is -1.75. The lowest BCUT2D eigenvalue weighted by Crippen LogP contribution is -2.38. The van der Waals surface area contributed by atoms with Gasteiger partial charge in [0.05, 0.1) is 0 Å². The van der Waals surface area contributed by atoms with Gasteiger partial charge in [-0.25, -0.2) is 0 Å². The van der Waals surface area contributed by atoms with Crippen molar-refractivity contribution in [2.24, 2.45) is 0 Å². The number of hydrogen-bond acceptors (Lipinski definition) is 4. The van der Waals surface area contributed by atoms with Crippen molar-refractivity contribution in [1.29, 1.82) is 0 Å². The zero-order valence-electron chi connectivity index (χ0n) is 12.0. The molecule has 0 aromatic carbocycles. The van der Waals surface area contributed by atoms with Gasteiger partial charge < -0.3 is 4.90 Å². The van der Waals surface area contributed by atoms with Gasteiger partial charge in [0, 0.05) is 23.7 Å². The number of pyridine rings is 1. The molecule has 0 unspecified atom stereocenters. The molecule has 1 aliphatic heterocycles. The number of carbonyl (C=O) groups is 1. The smallest absolute Gasteiger partial charge is 0.161 e. The average Bonchev–Trinajstić information content (AvgIpc) is 2.90. The van der Waals surface area contributed by atoms with Crippen molar-refractivity contribution in [3.63, 3.8) is 0 Å². The van der Waals surface area contributed by atoms with Crippen molar-refractivity contribution in [3.05, 3.63) is 29.7 Å². The zero-order valence-corrected chi connectivity index (χ0v) is 12.0. The van der Waals surface area contributed by atoms with Gasteiger partial charge in [-0.1, -0.05) is 0 Å². The Morgan fingerprint density at radius 2 is 2.05 bits per heavy atom. The SMILES string of the molecule is CC(C)N1CCC(c2nnc3cc(C=O)ccn23)CC1. The molecule has 3 rings (SSSR count). The first-order valence-electron chi connectivity index (χ1n) is 7.23. The Kier molecular flexibility index (Phi) is 3.53. The molecule has 106 valence electrons. The molecule has 3 heterocycles. The van der Waals surface area contributed by atoms with Crippen LogP contribution in [0.5, 0.6) is 0 Å². The summed E-state index contributed by atoms with van der Waals surface area (Å²) < 4.78 is 2.02. The third-order valence-electron chi connectivity index (χ3n) is 4.22. The van der Waals surface area contributed by atoms with Gasteiger partial charge in [0.2, 0.25) is 0 Å². The summed E-state index contributed by atoms with van der Waals surface area (Å²) >= 11 is 0. The van der Waals surface area contributed by atoms with Crippen LogP contribution >= 0.6 is 0 Å². The third-order valence-corrected chi connectivity index (χ3v) is 4.22. The van der Waals surface area contributed by atoms with Crippen LogP contribution in [-0.2, 0) is 0 Å². The molecule has 2 aromatic heterocycles. The van der Waals surface area contributed by atoms with Crippen LogP contribution in [0.25, 0.3) is 5.65 Å². The molecule has 0 bridgehead atoms. The zero-order chi connectivity index (χ0) is 14.1. The highest BCUT2D eigenvalue weighted by Crippen LogP contribution is 2.27. The van der Waals surface area contributed by atoms with E-state index in [1.165, 1.54) is 0 Å². The molecule has 0 radical (unpaired) electrons. The van der Waals surface area contributed by atoms with E-state index in [1.807, 2.05) is 16.7 Å². The van der Waals surface area contributed by atoms with Crippen molar-refractivity contribution in [2.75, 3.05) is 13.1 Å². The summed E-state index contributed by atoms with van der Waals surface area (Å²) in [6.07, 6.45) is 4.99. The Balaban J connectivity index is 1.83. The predicted octanol–water partition coefficient (Wildman–Crippen LogP) is 2.13. The molecule has 0 saturated carbocycles. The number of rotatable bonds is 3. The molecule has 0 spiro atoms. The summed E-state index contributed by atoms with van der Waals surface area (Å²) in [5, 5.41) is 8.54. The maximum absolute atomic E-state index is 10.8. The monoisotopic (exact) mass is 272 g/mol. The molecule has 1 saturated heterocycles. The van der Waals surface area contributed by atoms with Crippen LogP contribution in [0.15, 0.2) is 18.3 Å². The second kappa shape index (κ2) is 5.32. The fraction of sp³-hybridized carbons (Fsp3) is 0.533. The average molecular weight is 272 g/mol. The standard InChI is InChI=1S/C15H20N4O/c1-11(2)18-6-4-13(5-7-18)15-17-16-14-9-12(10-20)3-8-19(14)15/h3,8-11,13H,4-7H2,1-2H3. The van der Waals surface area contributed by atoms with Gasteiger partial charge >= 0.3 is 0 Å². The Labute approximate surface area is 118 Å². The number of aromatic nitrogens is 3. The molecular weight excluding hydrogens is 252 g/mol. The van der Waals surface area contributed by atoms with Gasteiger partial charge in [-0.3, -0.25) is 9.20 Å². The number of carbonyl (C=O) groups excluding carboxylic acids is 1. The van der Waals surface area contributed by atoms with Crippen molar-refractivity contribution in [2.45, 2.75) is 38.6 Å². The third kappa shape index (κ3) is 2.33. The highest BCUT2D eigenvalue weighted by atomic mass is 16.1. The number of piperidine rings is 1. The Morgan fingerprint density at radius 1 is 1.30 bits per heavy atom. The fourth-order valence-corrected chi connectivity index (χ4v) is 2.95. The largest absolute Gasteiger partial charge is 0.301 e. The topological polar surface area (TPSA) is 50.5 Å². The van der Waals surface area contributed by atoms with E-state index in [4.69, 9.17) is 0 Å². The first-order chi connectivity index (χ1) is 9.69. The predicted molar refractivity (Wildman–Crippen MR) is 77.1 cm³/mol. The normalized spacial score (nSPS) is 17.9. The van der Waals surface area contributed by atoms with E-state index in [0.717, 1.165) is 43.7 Å². The number of nitrogens with zero attached hydrogens (tertiary/aromatic N) is 4. The minimum absolute atomic E-state index is 0.460. The van der Waals surface area contributed by atoms with Crippen molar-refractivity contribution in [3.8, 4) is 0 Å². The molecule has 5 nitrogen and oxygen atoms in total. The van der Waals surface area contributed by atoms with Gasteiger partial charge in [0.15, 0.2) is 5.65 Å². The molecule has 0 amide bonds. The lowest BCUT2D eigenvalue weighted by molar-refractivity contribution is 0.112. The molecule has 2 aromatic rings. The molecule has 20 heavy (non-hydrogen) atoms. The molecule has 5 heteroatoms. The number of likely N-dealkylation sites (tertiary alicyclic amines) is 1. The molecule has 1 aliphatic rings. The van der Waals surface area contributed by atoms with Crippen LogP contribution in [-0.4, -0.2) is 44.9 Å². The highest BCUT2D eigenvalue weighted by Gasteiger charge is 2.25. The Morgan fingerprint density at radius 3 is 2.70 bits per heavy atom. The van der Waals surface area contributed by atoms with Crippen LogP contribution < -0.4 is 0 Å². The van der Waals surface area contributed by atoms with Crippen LogP contribution in [0, 0.1) is 0 Å². The maximum atomic E-state index is 10.8. The van der Waals surface area contributed by atoms with Crippen LogP contribution in [0.4, 0.5) is 0 Å². The van der Waals surface area contributed by atoms with Gasteiger partial charge in [-0.05, 0) is 51.9 Å². The van der Waals surface area contributed by atoms with Crippen molar-refractivity contribution in [1.82, 2.24) is 19.5 Å². The minimum Gasteiger partial charge on any atom is -0.301 e. The number of fused-ring (bicyclic) bond motifs is 1. The summed E-state index contributed by atoms with van der Waals surface area (Å²) in [5.74, 6) is 1.49. The van der Waals surface area contributed by atoms with Gasteiger partial charge in [0.1, 0.15) is 12.1 Å². The molecular formula is C15H20N4O. The molecule has 0 N–H and O–H groups in total. The minimum atomic E-state index is 0.460. The van der Waals surface area contributed by atoms with Crippen LogP contribution in [0.3, 0.4) is 0 Å². The number of aldehydes is 1. The number of hydrogen-bond donors (Lipinski definition) is 0. The van der Waals surface area contributed by atoms with E-state index in [1.54, 1.807) is 6.07 Å². The Bertz CT molecular complexity index is 611. The lowest BCUT2D eigenvalue weighted by Gasteiger charge is -2.33. The molecule has 1 fully saturated rings. The van der Waals surface area contributed by atoms with E-state index in [-0.39, 0.29) is 0 Å². The summed E-state index contributed by atoms with van der Waals surface area (Å²) in [6.45, 7) is 6.72. The summed E-state index contributed by atoms with van der Waals surface area (Å²) in [7, 11) is 0. The van der Waals surface area contributed by atoms with Crippen LogP contribution in [0.2, 0.25) is 0 Å². The molecule has 0 atom stereocenters. The summed E-state index contributed by atoms with van der Waals surface area (Å²) in [6, 6.07) is 4.21. The second-order valence-corrected chi connectivity index (χ2v) is 5.77. The lowest BCUT2D eigenvalue weighted by atomic mass is 9.95. The van der Waals surface area contributed by atoms with Crippen molar-refractivity contribution >= 4 is 11.9 Å². The van der Waals surface area contributed by atoms with E-state index >= 15 is 0 Å². The van der Waals surface area contributed by atoms with Gasteiger partial charge in [-0.2, -0.15) is 0 Å². The van der Waals surface area contributed by atoms with E-state index < -0.39 is 0 Å². The first kappa shape index (κ1) is 13.2. The van der Waals surface area contributed by atoms with Gasteiger partial charge in [-0.15, -0.1) is 10.2 Å². The highest BCUT2D eigenvalue weighted by molar-refractivity contribution is 5.76. The van der Waals surface area contributed by atoms with Gasteiger partial charge in [0.25, 0.3) is 0 Å². The van der Waals surface area contributed by atoms with E-state index in [0.29, 0.717) is 17.5 Å². The summed E-state index contributed by atoms with van der Waals surface area (Å²) in [5.41, 5.74) is 1.40. The van der Waals surface area contributed by atoms with Crippen LogP contribution in [0.1, 0.15) is 48.8 Å². The summed E-state index contributed by atoms with van der Waals surface area (Å²) in [4.78, 5) is 13.3. The first-order valence-corrected chi connectivity index (χ1v) is 7.23. The quantitative estimate of drug-likeness (QED) is 0.803. The van der Waals surface area contributed by atoms with Crippen molar-refractivity contribution < 1.29 is 4.79 Å². The second-order valence-electron chi connectivity index (χ2n) is 5.77. The molecule has 0 aliphatic carbocycles. The maximum Gasteiger partial charge on any atom is 0.161 e.